The predicted octanol–water partition coefficient (Wildman–Crippen LogP) is 3.18. The fraction of sp³-hybridized carbons (Fsp3) is 0.350. The Morgan fingerprint density at radius 3 is 2.55 bits per heavy atom. The Labute approximate surface area is 182 Å². The van der Waals surface area contributed by atoms with Gasteiger partial charge in [0.1, 0.15) is 11.4 Å². The zero-order chi connectivity index (χ0) is 19.4. The molecule has 9 heteroatoms. The SMILES string of the molecule is CNC(=O)c1cc(Oc2cc(C)ccc2NC(=O)C(C)C2CNC2)ccn1.Cl.Cl. The number of benzene rings is 1. The zero-order valence-corrected chi connectivity index (χ0v) is 18.2. The lowest BCUT2D eigenvalue weighted by Gasteiger charge is -2.31. The molecule has 2 amide bonds. The first-order chi connectivity index (χ1) is 13.0. The average Bonchev–Trinajstić information content (AvgIpc) is 2.62. The van der Waals surface area contributed by atoms with E-state index < -0.39 is 0 Å². The van der Waals surface area contributed by atoms with Crippen molar-refractivity contribution in [2.75, 3.05) is 25.5 Å². The van der Waals surface area contributed by atoms with Crippen molar-refractivity contribution in [1.29, 1.82) is 0 Å². The van der Waals surface area contributed by atoms with Gasteiger partial charge in [0.25, 0.3) is 5.91 Å². The van der Waals surface area contributed by atoms with Gasteiger partial charge < -0.3 is 20.7 Å². The van der Waals surface area contributed by atoms with E-state index in [2.05, 4.69) is 20.9 Å². The Morgan fingerprint density at radius 2 is 1.93 bits per heavy atom. The van der Waals surface area contributed by atoms with Gasteiger partial charge >= 0.3 is 0 Å². The molecule has 1 aliphatic heterocycles. The number of pyridine rings is 1. The summed E-state index contributed by atoms with van der Waals surface area (Å²) in [7, 11) is 1.55. The fourth-order valence-electron chi connectivity index (χ4n) is 2.80. The molecule has 1 aliphatic rings. The van der Waals surface area contributed by atoms with Crippen LogP contribution < -0.4 is 20.7 Å². The lowest BCUT2D eigenvalue weighted by Crippen LogP contribution is -2.48. The summed E-state index contributed by atoms with van der Waals surface area (Å²) in [5, 5.41) is 8.69. The summed E-state index contributed by atoms with van der Waals surface area (Å²) in [4.78, 5) is 28.4. The average molecular weight is 441 g/mol. The maximum Gasteiger partial charge on any atom is 0.269 e. The van der Waals surface area contributed by atoms with Crippen LogP contribution in [0.25, 0.3) is 0 Å². The number of halogens is 2. The van der Waals surface area contributed by atoms with Gasteiger partial charge in [0.15, 0.2) is 5.75 Å². The molecule has 1 unspecified atom stereocenters. The van der Waals surface area contributed by atoms with Crippen LogP contribution in [0.15, 0.2) is 36.5 Å². The number of aryl methyl sites for hydroxylation is 1. The van der Waals surface area contributed by atoms with Crippen molar-refractivity contribution in [3.05, 3.63) is 47.8 Å². The quantitative estimate of drug-likeness (QED) is 0.641. The largest absolute Gasteiger partial charge is 0.455 e. The molecule has 1 aromatic carbocycles. The van der Waals surface area contributed by atoms with Gasteiger partial charge in [-0.05, 0) is 49.7 Å². The lowest BCUT2D eigenvalue weighted by atomic mass is 9.88. The van der Waals surface area contributed by atoms with Crippen molar-refractivity contribution in [1.82, 2.24) is 15.6 Å². The maximum atomic E-state index is 12.6. The number of nitrogens with one attached hydrogen (secondary N) is 3. The fourth-order valence-corrected chi connectivity index (χ4v) is 2.80. The minimum absolute atomic E-state index is 0. The van der Waals surface area contributed by atoms with Crippen LogP contribution in [0.3, 0.4) is 0 Å². The molecule has 1 atom stereocenters. The van der Waals surface area contributed by atoms with Gasteiger partial charge in [-0.3, -0.25) is 14.6 Å². The van der Waals surface area contributed by atoms with Crippen molar-refractivity contribution >= 4 is 42.3 Å². The summed E-state index contributed by atoms with van der Waals surface area (Å²) in [5.41, 5.74) is 1.86. The van der Waals surface area contributed by atoms with Crippen LogP contribution in [0.1, 0.15) is 23.0 Å². The van der Waals surface area contributed by atoms with Gasteiger partial charge in [-0.25, -0.2) is 0 Å². The molecule has 0 radical (unpaired) electrons. The Morgan fingerprint density at radius 1 is 1.21 bits per heavy atom. The van der Waals surface area contributed by atoms with Crippen LogP contribution in [0.2, 0.25) is 0 Å². The van der Waals surface area contributed by atoms with Crippen LogP contribution in [0.5, 0.6) is 11.5 Å². The molecule has 2 heterocycles. The number of nitrogens with zero attached hydrogens (tertiary/aromatic N) is 1. The highest BCUT2D eigenvalue weighted by molar-refractivity contribution is 5.94. The number of hydrogen-bond acceptors (Lipinski definition) is 5. The summed E-state index contributed by atoms with van der Waals surface area (Å²) in [5.74, 6) is 0.950. The second-order valence-electron chi connectivity index (χ2n) is 6.75. The molecule has 1 aromatic heterocycles. The molecule has 29 heavy (non-hydrogen) atoms. The van der Waals surface area contributed by atoms with E-state index in [1.165, 1.54) is 6.20 Å². The molecular weight excluding hydrogens is 415 g/mol. The van der Waals surface area contributed by atoms with Gasteiger partial charge in [-0.2, -0.15) is 0 Å². The van der Waals surface area contributed by atoms with Crippen molar-refractivity contribution < 1.29 is 14.3 Å². The molecule has 3 N–H and O–H groups in total. The van der Waals surface area contributed by atoms with Gasteiger partial charge in [0, 0.05) is 25.2 Å². The number of carbonyl (C=O) groups excluding carboxylic acids is 2. The number of aromatic nitrogens is 1. The van der Waals surface area contributed by atoms with E-state index in [-0.39, 0.29) is 48.2 Å². The molecule has 3 rings (SSSR count). The number of anilines is 1. The van der Waals surface area contributed by atoms with E-state index in [0.29, 0.717) is 23.1 Å². The summed E-state index contributed by atoms with van der Waals surface area (Å²) in [6, 6.07) is 8.83. The number of carbonyl (C=O) groups is 2. The van der Waals surface area contributed by atoms with Gasteiger partial charge in [0.2, 0.25) is 5.91 Å². The number of hydrogen-bond donors (Lipinski definition) is 3. The molecule has 1 saturated heterocycles. The van der Waals surface area contributed by atoms with Crippen molar-refractivity contribution in [2.24, 2.45) is 11.8 Å². The van der Waals surface area contributed by atoms with Crippen molar-refractivity contribution in [2.45, 2.75) is 13.8 Å². The normalized spacial score (nSPS) is 13.8. The second-order valence-corrected chi connectivity index (χ2v) is 6.75. The van der Waals surface area contributed by atoms with Gasteiger partial charge in [0.05, 0.1) is 5.69 Å². The van der Waals surface area contributed by atoms with Crippen LogP contribution >= 0.6 is 24.8 Å². The van der Waals surface area contributed by atoms with E-state index in [1.807, 2.05) is 32.0 Å². The van der Waals surface area contributed by atoms with Crippen LogP contribution in [0, 0.1) is 18.8 Å². The van der Waals surface area contributed by atoms with E-state index >= 15 is 0 Å². The predicted molar refractivity (Wildman–Crippen MR) is 118 cm³/mol. The molecule has 1 fully saturated rings. The van der Waals surface area contributed by atoms with E-state index in [0.717, 1.165) is 18.7 Å². The van der Waals surface area contributed by atoms with Crippen molar-refractivity contribution in [3.63, 3.8) is 0 Å². The minimum Gasteiger partial charge on any atom is -0.455 e. The van der Waals surface area contributed by atoms with Gasteiger partial charge in [-0.15, -0.1) is 24.8 Å². The smallest absolute Gasteiger partial charge is 0.269 e. The summed E-state index contributed by atoms with van der Waals surface area (Å²) in [6.07, 6.45) is 1.51. The highest BCUT2D eigenvalue weighted by atomic mass is 35.5. The summed E-state index contributed by atoms with van der Waals surface area (Å²) in [6.45, 7) is 5.62. The third-order valence-corrected chi connectivity index (χ3v) is 4.75. The first-order valence-corrected chi connectivity index (χ1v) is 8.96. The number of rotatable bonds is 6. The van der Waals surface area contributed by atoms with Crippen LogP contribution in [-0.4, -0.2) is 36.9 Å². The topological polar surface area (TPSA) is 92.4 Å². The second kappa shape index (κ2) is 11.0. The van der Waals surface area contributed by atoms with E-state index in [1.54, 1.807) is 19.2 Å². The van der Waals surface area contributed by atoms with Gasteiger partial charge in [-0.1, -0.05) is 13.0 Å². The lowest BCUT2D eigenvalue weighted by molar-refractivity contribution is -0.121. The molecule has 0 aliphatic carbocycles. The Balaban J connectivity index is 0.00000210. The standard InChI is InChI=1S/C20H24N4O3.2ClH/c1-12-4-5-16(24-19(25)13(2)14-10-22-11-14)18(8-12)27-15-6-7-23-17(9-15)20(26)21-3;;/h4-9,13-14,22H,10-11H2,1-3H3,(H,21,26)(H,24,25);2*1H. The molecule has 158 valence electrons. The summed E-state index contributed by atoms with van der Waals surface area (Å²) >= 11 is 0. The maximum absolute atomic E-state index is 12.6. The summed E-state index contributed by atoms with van der Waals surface area (Å²) < 4.78 is 5.96. The molecule has 0 spiro atoms. The molecular formula is C20H26Cl2N4O3. The minimum atomic E-state index is -0.291. The van der Waals surface area contributed by atoms with E-state index in [4.69, 9.17) is 4.74 Å². The Hall–Kier alpha value is -2.35. The van der Waals surface area contributed by atoms with Crippen LogP contribution in [-0.2, 0) is 4.79 Å². The number of amides is 2. The van der Waals surface area contributed by atoms with Crippen molar-refractivity contribution in [3.8, 4) is 11.5 Å². The Bertz CT molecular complexity index is 859. The third-order valence-electron chi connectivity index (χ3n) is 4.75. The van der Waals surface area contributed by atoms with E-state index in [9.17, 15) is 9.59 Å². The molecule has 0 bridgehead atoms. The highest BCUT2D eigenvalue weighted by Gasteiger charge is 2.29. The highest BCUT2D eigenvalue weighted by Crippen LogP contribution is 2.31. The zero-order valence-electron chi connectivity index (χ0n) is 16.5. The first-order valence-electron chi connectivity index (χ1n) is 8.96. The Kier molecular flexibility index (Phi) is 9.36. The monoisotopic (exact) mass is 440 g/mol. The number of ether oxygens (including phenoxy) is 1. The first kappa shape index (κ1) is 24.7. The molecule has 0 saturated carbocycles. The molecule has 2 aromatic rings. The van der Waals surface area contributed by atoms with Crippen LogP contribution in [0.4, 0.5) is 5.69 Å². The molecule has 7 nitrogen and oxygen atoms in total. The third kappa shape index (κ3) is 6.06.